The van der Waals surface area contributed by atoms with Crippen molar-refractivity contribution in [2.75, 3.05) is 0 Å². The van der Waals surface area contributed by atoms with Crippen molar-refractivity contribution in [2.45, 2.75) is 25.8 Å². The maximum Gasteiger partial charge on any atom is 0.320 e. The van der Waals surface area contributed by atoms with Crippen LogP contribution in [-0.4, -0.2) is 28.2 Å². The minimum Gasteiger partial charge on any atom is -0.481 e. The zero-order valence-electron chi connectivity index (χ0n) is 16.6. The summed E-state index contributed by atoms with van der Waals surface area (Å²) >= 11 is 3.70. The van der Waals surface area contributed by atoms with Crippen LogP contribution < -0.4 is 5.73 Å². The number of nitrogens with two attached hydrogens (primary N) is 1. The van der Waals surface area contributed by atoms with E-state index in [1.165, 1.54) is 27.8 Å². The van der Waals surface area contributed by atoms with Gasteiger partial charge < -0.3 is 15.9 Å². The molecular weight excluding hydrogens is 446 g/mol. The SMILES string of the molecule is Cc1ccc(-c2c(Br)cccc2-c2ccccc2)cc1.N[C@@H](CCC(=O)O)C(=O)O. The van der Waals surface area contributed by atoms with Gasteiger partial charge in [0.25, 0.3) is 0 Å². The van der Waals surface area contributed by atoms with E-state index in [4.69, 9.17) is 15.9 Å². The molecule has 0 saturated carbocycles. The molecule has 0 heterocycles. The van der Waals surface area contributed by atoms with Crippen molar-refractivity contribution in [1.29, 1.82) is 0 Å². The second-order valence-electron chi connectivity index (χ2n) is 6.77. The largest absolute Gasteiger partial charge is 0.481 e. The van der Waals surface area contributed by atoms with E-state index >= 15 is 0 Å². The minimum atomic E-state index is -1.17. The first-order valence-corrected chi connectivity index (χ1v) is 10.2. The van der Waals surface area contributed by atoms with Gasteiger partial charge in [0.2, 0.25) is 0 Å². The summed E-state index contributed by atoms with van der Waals surface area (Å²) in [4.78, 5) is 19.9. The fraction of sp³-hybridized carbons (Fsp3) is 0.167. The number of benzene rings is 3. The number of carbonyl (C=O) groups is 2. The predicted octanol–water partition coefficient (Wildman–Crippen LogP) is 5.35. The second-order valence-corrected chi connectivity index (χ2v) is 7.63. The number of halogens is 1. The van der Waals surface area contributed by atoms with Gasteiger partial charge in [0.1, 0.15) is 6.04 Å². The van der Waals surface area contributed by atoms with Crippen molar-refractivity contribution < 1.29 is 19.8 Å². The molecule has 0 aliphatic rings. The lowest BCUT2D eigenvalue weighted by Crippen LogP contribution is -2.30. The lowest BCUT2D eigenvalue weighted by molar-refractivity contribution is -0.139. The molecule has 30 heavy (non-hydrogen) atoms. The Morgan fingerprint density at radius 1 is 0.900 bits per heavy atom. The average molecular weight is 470 g/mol. The van der Waals surface area contributed by atoms with Gasteiger partial charge in [0.15, 0.2) is 0 Å². The van der Waals surface area contributed by atoms with Gasteiger partial charge in [-0.2, -0.15) is 0 Å². The summed E-state index contributed by atoms with van der Waals surface area (Å²) in [5.41, 5.74) is 11.3. The number of hydrogen-bond donors (Lipinski definition) is 3. The van der Waals surface area contributed by atoms with Crippen LogP contribution in [-0.2, 0) is 9.59 Å². The molecule has 5 nitrogen and oxygen atoms in total. The van der Waals surface area contributed by atoms with E-state index in [9.17, 15) is 9.59 Å². The van der Waals surface area contributed by atoms with Gasteiger partial charge in [-0.25, -0.2) is 0 Å². The highest BCUT2D eigenvalue weighted by Gasteiger charge is 2.12. The van der Waals surface area contributed by atoms with E-state index in [2.05, 4.69) is 89.6 Å². The smallest absolute Gasteiger partial charge is 0.320 e. The van der Waals surface area contributed by atoms with Gasteiger partial charge in [0.05, 0.1) is 0 Å². The third kappa shape index (κ3) is 6.83. The molecule has 4 N–H and O–H groups in total. The highest BCUT2D eigenvalue weighted by molar-refractivity contribution is 9.10. The second kappa shape index (κ2) is 11.3. The molecule has 0 saturated heterocycles. The van der Waals surface area contributed by atoms with E-state index in [0.717, 1.165) is 4.47 Å². The summed E-state index contributed by atoms with van der Waals surface area (Å²) in [5, 5.41) is 16.3. The van der Waals surface area contributed by atoms with E-state index in [1.54, 1.807) is 0 Å². The van der Waals surface area contributed by atoms with Gasteiger partial charge in [-0.3, -0.25) is 9.59 Å². The van der Waals surface area contributed by atoms with Crippen LogP contribution in [0.15, 0.2) is 77.3 Å². The fourth-order valence-electron chi connectivity index (χ4n) is 2.80. The molecule has 0 aromatic heterocycles. The summed E-state index contributed by atoms with van der Waals surface area (Å²) in [5.74, 6) is -2.20. The number of aryl methyl sites for hydroxylation is 1. The minimum absolute atomic E-state index is 0.0231. The molecule has 3 aromatic carbocycles. The molecule has 0 unspecified atom stereocenters. The van der Waals surface area contributed by atoms with E-state index in [1.807, 2.05) is 6.07 Å². The van der Waals surface area contributed by atoms with Gasteiger partial charge in [-0.1, -0.05) is 88.2 Å². The molecular formula is C24H24BrNO4. The molecule has 0 radical (unpaired) electrons. The monoisotopic (exact) mass is 469 g/mol. The Labute approximate surface area is 184 Å². The molecule has 0 spiro atoms. The molecule has 3 aromatic rings. The average Bonchev–Trinajstić information content (AvgIpc) is 2.73. The Balaban J connectivity index is 0.000000274. The quantitative estimate of drug-likeness (QED) is 0.451. The first-order chi connectivity index (χ1) is 14.3. The molecule has 0 aliphatic carbocycles. The van der Waals surface area contributed by atoms with Gasteiger partial charge >= 0.3 is 11.9 Å². The summed E-state index contributed by atoms with van der Waals surface area (Å²) in [7, 11) is 0. The third-order valence-electron chi connectivity index (χ3n) is 4.43. The van der Waals surface area contributed by atoms with Crippen molar-refractivity contribution in [2.24, 2.45) is 5.73 Å². The Bertz CT molecular complexity index is 988. The zero-order valence-corrected chi connectivity index (χ0v) is 18.2. The van der Waals surface area contributed by atoms with Crippen LogP contribution in [0.4, 0.5) is 0 Å². The van der Waals surface area contributed by atoms with Crippen molar-refractivity contribution in [3.8, 4) is 22.3 Å². The first kappa shape index (κ1) is 23.3. The van der Waals surface area contributed by atoms with Gasteiger partial charge in [-0.15, -0.1) is 0 Å². The maximum atomic E-state index is 9.99. The van der Waals surface area contributed by atoms with Crippen molar-refractivity contribution in [1.82, 2.24) is 0 Å². The number of carboxylic acid groups (broad SMARTS) is 2. The van der Waals surface area contributed by atoms with Crippen LogP contribution >= 0.6 is 15.9 Å². The maximum absolute atomic E-state index is 9.99. The third-order valence-corrected chi connectivity index (χ3v) is 5.09. The van der Waals surface area contributed by atoms with E-state index in [0.29, 0.717) is 0 Å². The molecule has 0 aliphatic heterocycles. The number of carboxylic acids is 2. The summed E-state index contributed by atoms with van der Waals surface area (Å²) in [6.45, 7) is 2.11. The van der Waals surface area contributed by atoms with Crippen LogP contribution in [0, 0.1) is 6.92 Å². The highest BCUT2D eigenvalue weighted by Crippen LogP contribution is 2.37. The normalized spacial score (nSPS) is 11.2. The molecule has 6 heteroatoms. The van der Waals surface area contributed by atoms with Crippen LogP contribution in [0.3, 0.4) is 0 Å². The van der Waals surface area contributed by atoms with Crippen molar-refractivity contribution >= 4 is 27.9 Å². The molecule has 0 amide bonds. The van der Waals surface area contributed by atoms with Crippen LogP contribution in [0.1, 0.15) is 18.4 Å². The molecule has 1 atom stereocenters. The summed E-state index contributed by atoms with van der Waals surface area (Å²) < 4.78 is 1.13. The number of hydrogen-bond acceptors (Lipinski definition) is 3. The summed E-state index contributed by atoms with van der Waals surface area (Å²) in [6, 6.07) is 24.5. The standard InChI is InChI=1S/C19H15Br.C5H9NO4/c1-14-10-12-16(13-11-14)19-17(8-5-9-18(19)20)15-6-3-2-4-7-15;6-3(5(9)10)1-2-4(7)8/h2-13H,1H3;3H,1-2,6H2,(H,7,8)(H,9,10)/t;3-/m.0/s1. The zero-order chi connectivity index (χ0) is 22.1. The van der Waals surface area contributed by atoms with E-state index < -0.39 is 18.0 Å². The first-order valence-electron chi connectivity index (χ1n) is 9.40. The lowest BCUT2D eigenvalue weighted by Gasteiger charge is -2.12. The Kier molecular flexibility index (Phi) is 8.77. The molecule has 0 fully saturated rings. The summed E-state index contributed by atoms with van der Waals surface area (Å²) in [6.07, 6.45) is -0.224. The number of rotatable bonds is 6. The fourth-order valence-corrected chi connectivity index (χ4v) is 3.39. The molecule has 3 rings (SSSR count). The Hall–Kier alpha value is -2.96. The molecule has 0 bridgehead atoms. The van der Waals surface area contributed by atoms with Crippen LogP contribution in [0.25, 0.3) is 22.3 Å². The van der Waals surface area contributed by atoms with Gasteiger partial charge in [-0.05, 0) is 36.1 Å². The van der Waals surface area contributed by atoms with Crippen molar-refractivity contribution in [3.63, 3.8) is 0 Å². The topological polar surface area (TPSA) is 101 Å². The Morgan fingerprint density at radius 2 is 1.53 bits per heavy atom. The van der Waals surface area contributed by atoms with Crippen molar-refractivity contribution in [3.05, 3.63) is 82.8 Å². The van der Waals surface area contributed by atoms with Crippen LogP contribution in [0.5, 0.6) is 0 Å². The molecule has 156 valence electrons. The predicted molar refractivity (Wildman–Crippen MR) is 122 cm³/mol. The highest BCUT2D eigenvalue weighted by atomic mass is 79.9. The number of aliphatic carboxylic acids is 2. The Morgan fingerprint density at radius 3 is 2.10 bits per heavy atom. The van der Waals surface area contributed by atoms with E-state index in [-0.39, 0.29) is 12.8 Å². The van der Waals surface area contributed by atoms with Gasteiger partial charge in [0, 0.05) is 16.5 Å². The van der Waals surface area contributed by atoms with Crippen LogP contribution in [0.2, 0.25) is 0 Å². The lowest BCUT2D eigenvalue weighted by atomic mass is 9.94.